The number of halogens is 1. The van der Waals surface area contributed by atoms with E-state index >= 15 is 0 Å². The van der Waals surface area contributed by atoms with E-state index in [0.29, 0.717) is 6.04 Å². The highest BCUT2D eigenvalue weighted by atomic mass is 79.9. The number of pyridine rings is 2. The van der Waals surface area contributed by atoms with Gasteiger partial charge < -0.3 is 4.90 Å². The molecule has 2 unspecified atom stereocenters. The largest absolute Gasteiger partial charge is 0.355 e. The van der Waals surface area contributed by atoms with E-state index in [1.807, 2.05) is 12.3 Å². The summed E-state index contributed by atoms with van der Waals surface area (Å²) < 4.78 is 3.43. The second-order valence-corrected chi connectivity index (χ2v) is 10.7. The topological polar surface area (TPSA) is 39.9 Å². The van der Waals surface area contributed by atoms with Gasteiger partial charge in [-0.3, -0.25) is 19.2 Å². The first kappa shape index (κ1) is 21.6. The molecular weight excluding hydrogens is 476 g/mol. The van der Waals surface area contributed by atoms with E-state index in [1.165, 1.54) is 36.3 Å². The molecule has 3 fully saturated rings. The molecule has 174 valence electrons. The summed E-state index contributed by atoms with van der Waals surface area (Å²) in [6.45, 7) is 6.67. The Kier molecular flexibility index (Phi) is 5.67. The zero-order valence-corrected chi connectivity index (χ0v) is 21.2. The third-order valence-electron chi connectivity index (χ3n) is 7.91. The standard InChI is InChI=1S/C26H33BrN6/c1-18-6-5-13-28-24(18)20-7-3-8-21(30(20)2)25-26(27)33-22(29-25)9-4-10-23(33)32-16-14-31(15-17-32)19-11-12-19/h4-6,9-10,13,19-21H,3,7-8,11-12,14-17H2,1-2H3. The third-order valence-corrected chi connectivity index (χ3v) is 8.67. The summed E-state index contributed by atoms with van der Waals surface area (Å²) in [6.07, 6.45) is 8.16. The van der Waals surface area contributed by atoms with Crippen LogP contribution in [0.4, 0.5) is 5.82 Å². The van der Waals surface area contributed by atoms with Gasteiger partial charge in [0.15, 0.2) is 0 Å². The number of piperidine rings is 1. The van der Waals surface area contributed by atoms with Crippen LogP contribution in [0.15, 0.2) is 41.1 Å². The molecule has 0 aromatic carbocycles. The van der Waals surface area contributed by atoms with Gasteiger partial charge in [0.25, 0.3) is 0 Å². The third kappa shape index (κ3) is 3.88. The molecule has 0 amide bonds. The minimum atomic E-state index is 0.277. The fourth-order valence-corrected chi connectivity index (χ4v) is 6.63. The van der Waals surface area contributed by atoms with Gasteiger partial charge in [0, 0.05) is 38.4 Å². The van der Waals surface area contributed by atoms with Crippen LogP contribution in [0, 0.1) is 6.92 Å². The molecule has 0 spiro atoms. The molecule has 3 aromatic rings. The van der Waals surface area contributed by atoms with Crippen LogP contribution >= 0.6 is 15.9 Å². The van der Waals surface area contributed by atoms with Gasteiger partial charge in [0.05, 0.1) is 23.5 Å². The monoisotopic (exact) mass is 508 g/mol. The van der Waals surface area contributed by atoms with Crippen LogP contribution in [0.1, 0.15) is 61.1 Å². The molecule has 6 rings (SSSR count). The summed E-state index contributed by atoms with van der Waals surface area (Å²) in [5, 5.41) is 0. The molecule has 1 saturated carbocycles. The normalized spacial score (nSPS) is 25.1. The van der Waals surface area contributed by atoms with E-state index in [4.69, 9.17) is 9.97 Å². The van der Waals surface area contributed by atoms with Crippen molar-refractivity contribution in [3.8, 4) is 0 Å². The number of fused-ring (bicyclic) bond motifs is 1. The lowest BCUT2D eigenvalue weighted by Gasteiger charge is -2.39. The number of hydrogen-bond donors (Lipinski definition) is 0. The van der Waals surface area contributed by atoms with Gasteiger partial charge in [-0.1, -0.05) is 12.1 Å². The van der Waals surface area contributed by atoms with Crippen LogP contribution in [0.25, 0.3) is 5.65 Å². The summed E-state index contributed by atoms with van der Waals surface area (Å²) in [4.78, 5) is 17.6. The highest BCUT2D eigenvalue weighted by Crippen LogP contribution is 2.43. The molecule has 3 aromatic heterocycles. The average Bonchev–Trinajstić information content (AvgIpc) is 3.64. The lowest BCUT2D eigenvalue weighted by atomic mass is 9.91. The van der Waals surface area contributed by atoms with Crippen molar-refractivity contribution in [3.63, 3.8) is 0 Å². The number of nitrogens with zero attached hydrogens (tertiary/aromatic N) is 6. The SMILES string of the molecule is Cc1cccnc1C1CCCC(c2nc3cccc(N4CCN(C5CC5)CC4)n3c2Br)N1C. The van der Waals surface area contributed by atoms with E-state index in [2.05, 4.69) is 73.3 Å². The maximum absolute atomic E-state index is 5.16. The van der Waals surface area contributed by atoms with Gasteiger partial charge in [-0.2, -0.15) is 0 Å². The summed E-state index contributed by atoms with van der Waals surface area (Å²) in [5.41, 5.74) is 4.67. The maximum Gasteiger partial charge on any atom is 0.139 e. The Labute approximate surface area is 204 Å². The van der Waals surface area contributed by atoms with Crippen LogP contribution in [-0.2, 0) is 0 Å². The maximum atomic E-state index is 5.16. The van der Waals surface area contributed by atoms with E-state index < -0.39 is 0 Å². The molecule has 3 aliphatic rings. The van der Waals surface area contributed by atoms with Crippen molar-refractivity contribution < 1.29 is 0 Å². The summed E-state index contributed by atoms with van der Waals surface area (Å²) in [5.74, 6) is 1.25. The molecule has 7 heteroatoms. The zero-order valence-electron chi connectivity index (χ0n) is 19.6. The second kappa shape index (κ2) is 8.67. The lowest BCUT2D eigenvalue weighted by molar-refractivity contribution is 0.109. The Morgan fingerprint density at radius 3 is 2.39 bits per heavy atom. The van der Waals surface area contributed by atoms with Crippen LogP contribution in [0.3, 0.4) is 0 Å². The van der Waals surface area contributed by atoms with Crippen LogP contribution in [0.2, 0.25) is 0 Å². The molecule has 0 bridgehead atoms. The van der Waals surface area contributed by atoms with Crippen molar-refractivity contribution in [2.75, 3.05) is 38.1 Å². The second-order valence-electron chi connectivity index (χ2n) is 9.95. The van der Waals surface area contributed by atoms with E-state index in [-0.39, 0.29) is 6.04 Å². The quantitative estimate of drug-likeness (QED) is 0.496. The van der Waals surface area contributed by atoms with Gasteiger partial charge in [0.1, 0.15) is 16.1 Å². The summed E-state index contributed by atoms with van der Waals surface area (Å²) in [6, 6.07) is 12.2. The number of piperazine rings is 1. The molecule has 1 aliphatic carbocycles. The molecule has 0 radical (unpaired) electrons. The number of aromatic nitrogens is 3. The highest BCUT2D eigenvalue weighted by Gasteiger charge is 2.35. The molecule has 6 nitrogen and oxygen atoms in total. The molecular formula is C26H33BrN6. The van der Waals surface area contributed by atoms with Crippen molar-refractivity contribution in [2.24, 2.45) is 0 Å². The predicted octanol–water partition coefficient (Wildman–Crippen LogP) is 4.98. The fraction of sp³-hybridized carbons (Fsp3) is 0.538. The van der Waals surface area contributed by atoms with Gasteiger partial charge in [-0.15, -0.1) is 0 Å². The van der Waals surface area contributed by atoms with Crippen LogP contribution < -0.4 is 4.90 Å². The van der Waals surface area contributed by atoms with Crippen molar-refractivity contribution in [1.29, 1.82) is 0 Å². The molecule has 2 aliphatic heterocycles. The molecule has 33 heavy (non-hydrogen) atoms. The Bertz CT molecular complexity index is 1150. The average molecular weight is 509 g/mol. The van der Waals surface area contributed by atoms with Gasteiger partial charge in [-0.05, 0) is 85.8 Å². The van der Waals surface area contributed by atoms with Crippen molar-refractivity contribution in [1.82, 2.24) is 24.2 Å². The number of hydrogen-bond acceptors (Lipinski definition) is 5. The summed E-state index contributed by atoms with van der Waals surface area (Å²) in [7, 11) is 2.25. The Morgan fingerprint density at radius 2 is 1.67 bits per heavy atom. The highest BCUT2D eigenvalue weighted by molar-refractivity contribution is 9.10. The molecule has 2 saturated heterocycles. The minimum absolute atomic E-state index is 0.277. The van der Waals surface area contributed by atoms with E-state index in [9.17, 15) is 0 Å². The van der Waals surface area contributed by atoms with Crippen LogP contribution in [0.5, 0.6) is 0 Å². The van der Waals surface area contributed by atoms with Crippen molar-refractivity contribution in [3.05, 3.63) is 58.1 Å². The lowest BCUT2D eigenvalue weighted by Crippen LogP contribution is -2.47. The zero-order chi connectivity index (χ0) is 22.5. The number of aryl methyl sites for hydroxylation is 1. The summed E-state index contributed by atoms with van der Waals surface area (Å²) >= 11 is 3.99. The van der Waals surface area contributed by atoms with Crippen LogP contribution in [-0.4, -0.2) is 63.4 Å². The number of anilines is 1. The first-order valence-corrected chi connectivity index (χ1v) is 13.2. The first-order chi connectivity index (χ1) is 16.1. The van der Waals surface area contributed by atoms with E-state index in [1.54, 1.807) is 0 Å². The van der Waals surface area contributed by atoms with Crippen molar-refractivity contribution >= 4 is 27.4 Å². The van der Waals surface area contributed by atoms with Gasteiger partial charge in [-0.25, -0.2) is 4.98 Å². The molecule has 2 atom stereocenters. The van der Waals surface area contributed by atoms with Gasteiger partial charge >= 0.3 is 0 Å². The first-order valence-electron chi connectivity index (χ1n) is 12.4. The Hall–Kier alpha value is -1.96. The number of likely N-dealkylation sites (tertiary alicyclic amines) is 1. The predicted molar refractivity (Wildman–Crippen MR) is 136 cm³/mol. The smallest absolute Gasteiger partial charge is 0.139 e. The number of rotatable bonds is 4. The Morgan fingerprint density at radius 1 is 0.909 bits per heavy atom. The van der Waals surface area contributed by atoms with Crippen molar-refractivity contribution in [2.45, 2.75) is 57.2 Å². The molecule has 0 N–H and O–H groups in total. The Balaban J connectivity index is 1.31. The van der Waals surface area contributed by atoms with Gasteiger partial charge in [0.2, 0.25) is 0 Å². The molecule has 5 heterocycles. The number of imidazole rings is 1. The van der Waals surface area contributed by atoms with E-state index in [0.717, 1.165) is 61.0 Å². The minimum Gasteiger partial charge on any atom is -0.355 e. The fourth-order valence-electron chi connectivity index (χ4n) is 5.91.